The van der Waals surface area contributed by atoms with Gasteiger partial charge in [0.1, 0.15) is 6.54 Å². The molecule has 0 saturated carbocycles. The van der Waals surface area contributed by atoms with Gasteiger partial charge in [0.15, 0.2) is 5.75 Å². The summed E-state index contributed by atoms with van der Waals surface area (Å²) >= 11 is 0.513. The number of carbonyl (C=O) groups is 3. The van der Waals surface area contributed by atoms with Gasteiger partial charge in [-0.15, -0.1) is 0 Å². The number of ether oxygens (including phenoxy) is 1. The Morgan fingerprint density at radius 2 is 2.12 bits per heavy atom. The maximum absolute atomic E-state index is 12.0. The molecule has 2 N–H and O–H groups in total. The number of carboxylic acids is 1. The van der Waals surface area contributed by atoms with Crippen LogP contribution in [0.25, 0.3) is 6.08 Å². The van der Waals surface area contributed by atoms with Crippen LogP contribution in [0, 0.1) is 10.1 Å². The van der Waals surface area contributed by atoms with E-state index in [-0.39, 0.29) is 16.2 Å². The normalized spacial score (nSPS) is 15.9. The van der Waals surface area contributed by atoms with Gasteiger partial charge in [0, 0.05) is 6.07 Å². The van der Waals surface area contributed by atoms with Crippen molar-refractivity contribution in [1.29, 1.82) is 0 Å². The Morgan fingerprint density at radius 1 is 1.46 bits per heavy atom. The van der Waals surface area contributed by atoms with Crippen LogP contribution in [0.5, 0.6) is 11.5 Å². The van der Waals surface area contributed by atoms with Gasteiger partial charge >= 0.3 is 11.7 Å². The fourth-order valence-corrected chi connectivity index (χ4v) is 2.75. The molecular weight excluding hydrogens is 344 g/mol. The molecule has 0 bridgehead atoms. The fraction of sp³-hybridized carbons (Fsp3) is 0.154. The third-order valence-corrected chi connectivity index (χ3v) is 3.87. The van der Waals surface area contributed by atoms with Crippen molar-refractivity contribution >= 4 is 40.6 Å². The minimum Gasteiger partial charge on any atom is -0.500 e. The van der Waals surface area contributed by atoms with E-state index in [2.05, 4.69) is 0 Å². The van der Waals surface area contributed by atoms with E-state index in [0.717, 1.165) is 6.07 Å². The van der Waals surface area contributed by atoms with E-state index in [1.54, 1.807) is 0 Å². The van der Waals surface area contributed by atoms with Gasteiger partial charge in [-0.1, -0.05) is 0 Å². The second-order valence-corrected chi connectivity index (χ2v) is 5.50. The predicted molar refractivity (Wildman–Crippen MR) is 81.6 cm³/mol. The van der Waals surface area contributed by atoms with Crippen LogP contribution < -0.4 is 4.74 Å². The molecular formula is C13H10N2O8S. The molecule has 126 valence electrons. The molecule has 1 aliphatic heterocycles. The van der Waals surface area contributed by atoms with Gasteiger partial charge < -0.3 is 14.9 Å². The summed E-state index contributed by atoms with van der Waals surface area (Å²) in [4.78, 5) is 44.9. The van der Waals surface area contributed by atoms with Crippen LogP contribution in [0.2, 0.25) is 0 Å². The number of nitro benzene ring substituents is 1. The Bertz CT molecular complexity index is 788. The minimum atomic E-state index is -1.35. The Hall–Kier alpha value is -3.08. The number of phenols is 1. The molecule has 0 aliphatic carbocycles. The molecule has 1 aromatic carbocycles. The van der Waals surface area contributed by atoms with Gasteiger partial charge in [0.2, 0.25) is 5.75 Å². The molecule has 0 spiro atoms. The second-order valence-electron chi connectivity index (χ2n) is 4.51. The number of hydrogen-bond acceptors (Lipinski definition) is 8. The first-order valence-electron chi connectivity index (χ1n) is 6.27. The number of carbonyl (C=O) groups excluding carboxylic acids is 2. The van der Waals surface area contributed by atoms with Crippen molar-refractivity contribution in [1.82, 2.24) is 4.90 Å². The van der Waals surface area contributed by atoms with Crippen LogP contribution in [-0.4, -0.2) is 50.8 Å². The molecule has 10 nitrogen and oxygen atoms in total. The van der Waals surface area contributed by atoms with E-state index in [0.29, 0.717) is 16.7 Å². The van der Waals surface area contributed by atoms with Crippen molar-refractivity contribution in [3.8, 4) is 11.5 Å². The zero-order chi connectivity index (χ0) is 18.0. The van der Waals surface area contributed by atoms with Crippen molar-refractivity contribution in [2.45, 2.75) is 0 Å². The highest BCUT2D eigenvalue weighted by atomic mass is 32.2. The van der Waals surface area contributed by atoms with Crippen LogP contribution in [0.15, 0.2) is 17.0 Å². The molecule has 1 fully saturated rings. The number of aromatic hydroxyl groups is 1. The highest BCUT2D eigenvalue weighted by molar-refractivity contribution is 8.18. The van der Waals surface area contributed by atoms with Crippen molar-refractivity contribution in [2.24, 2.45) is 0 Å². The van der Waals surface area contributed by atoms with Crippen LogP contribution in [0.1, 0.15) is 5.56 Å². The lowest BCUT2D eigenvalue weighted by molar-refractivity contribution is -0.386. The lowest BCUT2D eigenvalue weighted by Gasteiger charge is -2.08. The number of nitro groups is 1. The predicted octanol–water partition coefficient (Wildman–Crippen LogP) is 1.43. The molecule has 1 saturated heterocycles. The lowest BCUT2D eigenvalue weighted by atomic mass is 10.1. The van der Waals surface area contributed by atoms with Gasteiger partial charge in [0.25, 0.3) is 11.1 Å². The summed E-state index contributed by atoms with van der Waals surface area (Å²) in [5, 5.41) is 28.6. The fourth-order valence-electron chi connectivity index (χ4n) is 1.91. The average molecular weight is 354 g/mol. The quantitative estimate of drug-likeness (QED) is 0.455. The molecule has 24 heavy (non-hydrogen) atoms. The van der Waals surface area contributed by atoms with E-state index in [9.17, 15) is 29.6 Å². The standard InChI is InChI=1S/C13H10N2O8S/c1-23-8-3-6(2-7(11(8)18)15(21)22)4-9-12(19)14(5-10(16)17)13(20)24-9/h2-4,18H,5H2,1H3,(H,16,17)/b9-4+. The van der Waals surface area contributed by atoms with Crippen LogP contribution in [0.3, 0.4) is 0 Å². The Morgan fingerprint density at radius 3 is 2.67 bits per heavy atom. The SMILES string of the molecule is COc1cc(/C=C2/SC(=O)N(CC(=O)O)C2=O)cc([N+](=O)[O-])c1O. The smallest absolute Gasteiger partial charge is 0.323 e. The molecule has 0 atom stereocenters. The largest absolute Gasteiger partial charge is 0.500 e. The monoisotopic (exact) mass is 354 g/mol. The first-order chi connectivity index (χ1) is 11.2. The maximum atomic E-state index is 12.0. The number of methoxy groups -OCH3 is 1. The summed E-state index contributed by atoms with van der Waals surface area (Å²) in [7, 11) is 1.20. The number of rotatable bonds is 5. The Balaban J connectivity index is 2.43. The number of aliphatic carboxylic acids is 1. The first kappa shape index (κ1) is 17.3. The topological polar surface area (TPSA) is 147 Å². The minimum absolute atomic E-state index is 0.0942. The van der Waals surface area contributed by atoms with Crippen LogP contribution in [-0.2, 0) is 9.59 Å². The lowest BCUT2D eigenvalue weighted by Crippen LogP contribution is -2.33. The third-order valence-electron chi connectivity index (χ3n) is 2.96. The number of benzene rings is 1. The number of amides is 2. The summed E-state index contributed by atoms with van der Waals surface area (Å²) in [5.74, 6) is -3.01. The number of hydrogen-bond donors (Lipinski definition) is 2. The highest BCUT2D eigenvalue weighted by Crippen LogP contribution is 2.39. The molecule has 1 aliphatic rings. The van der Waals surface area contributed by atoms with Crippen LogP contribution in [0.4, 0.5) is 10.5 Å². The summed E-state index contributed by atoms with van der Waals surface area (Å²) in [6.07, 6.45) is 1.18. The van der Waals surface area contributed by atoms with E-state index in [4.69, 9.17) is 9.84 Å². The van der Waals surface area contributed by atoms with Gasteiger partial charge in [-0.05, 0) is 29.5 Å². The molecule has 1 heterocycles. The number of carboxylic acid groups (broad SMARTS) is 1. The average Bonchev–Trinajstić information content (AvgIpc) is 2.75. The summed E-state index contributed by atoms with van der Waals surface area (Å²) < 4.78 is 4.83. The van der Waals surface area contributed by atoms with Gasteiger partial charge in [-0.25, -0.2) is 0 Å². The number of imide groups is 1. The Labute approximate surface area is 138 Å². The molecule has 1 aromatic rings. The molecule has 0 aromatic heterocycles. The third kappa shape index (κ3) is 3.30. The number of nitrogens with zero attached hydrogens (tertiary/aromatic N) is 2. The van der Waals surface area contributed by atoms with Crippen molar-refractivity contribution in [3.05, 3.63) is 32.7 Å². The maximum Gasteiger partial charge on any atom is 0.323 e. The second kappa shape index (κ2) is 6.58. The molecule has 0 radical (unpaired) electrons. The van der Waals surface area contributed by atoms with Crippen molar-refractivity contribution < 1.29 is 34.3 Å². The first-order valence-corrected chi connectivity index (χ1v) is 7.08. The van der Waals surface area contributed by atoms with Crippen molar-refractivity contribution in [2.75, 3.05) is 13.7 Å². The molecule has 11 heteroatoms. The summed E-state index contributed by atoms with van der Waals surface area (Å²) in [6.45, 7) is -0.777. The van der Waals surface area contributed by atoms with Gasteiger partial charge in [0.05, 0.1) is 16.9 Å². The molecule has 2 rings (SSSR count). The van der Waals surface area contributed by atoms with E-state index >= 15 is 0 Å². The highest BCUT2D eigenvalue weighted by Gasteiger charge is 2.36. The summed E-state index contributed by atoms with van der Waals surface area (Å²) in [6, 6.07) is 2.25. The van der Waals surface area contributed by atoms with E-state index in [1.165, 1.54) is 19.3 Å². The van der Waals surface area contributed by atoms with Crippen molar-refractivity contribution in [3.63, 3.8) is 0 Å². The zero-order valence-corrected chi connectivity index (χ0v) is 12.9. The Kier molecular flexibility index (Phi) is 4.74. The zero-order valence-electron chi connectivity index (χ0n) is 12.1. The number of thioether (sulfide) groups is 1. The molecule has 2 amide bonds. The summed E-state index contributed by atoms with van der Waals surface area (Å²) in [5.41, 5.74) is -0.498. The van der Waals surface area contributed by atoms with Gasteiger partial charge in [-0.3, -0.25) is 29.4 Å². The van der Waals surface area contributed by atoms with Crippen LogP contribution >= 0.6 is 11.8 Å². The van der Waals surface area contributed by atoms with E-state index < -0.39 is 40.0 Å². The number of phenolic OH excluding ortho intramolecular Hbond substituents is 1. The molecule has 0 unspecified atom stereocenters. The van der Waals surface area contributed by atoms with Gasteiger partial charge in [-0.2, -0.15) is 0 Å². The van der Waals surface area contributed by atoms with E-state index in [1.807, 2.05) is 0 Å².